The van der Waals surface area contributed by atoms with Crippen LogP contribution >= 0.6 is 58.4 Å². The zero-order chi connectivity index (χ0) is 43.7. The average molecular weight is 932 g/mol. The molecule has 5 rings (SSSR count). The van der Waals surface area contributed by atoms with Gasteiger partial charge in [-0.2, -0.15) is 0 Å². The van der Waals surface area contributed by atoms with Gasteiger partial charge in [-0.15, -0.1) is 34.9 Å². The highest BCUT2D eigenvalue weighted by atomic mass is 32.3. The number of unbranched alkanes of at least 4 members (excludes halogenated alkanes) is 6. The molecule has 3 aromatic rings. The molecular weight excluding hydrogens is 883 g/mol. The molecule has 0 atom stereocenters. The Morgan fingerprint density at radius 1 is 0.672 bits per heavy atom. The van der Waals surface area contributed by atoms with Gasteiger partial charge in [0.15, 0.2) is 0 Å². The number of fused-ring (bicyclic) bond motifs is 3. The molecule has 0 radical (unpaired) electrons. The molecule has 2 heterocycles. The molecular formula is C42H49N3O11S5. The topological polar surface area (TPSA) is 183 Å². The van der Waals surface area contributed by atoms with Gasteiger partial charge in [0.05, 0.1) is 77.7 Å². The van der Waals surface area contributed by atoms with Crippen molar-refractivity contribution in [2.75, 3.05) is 58.3 Å². The number of hydrogen-bond acceptors (Lipinski definition) is 16. The summed E-state index contributed by atoms with van der Waals surface area (Å²) in [6, 6.07) is 8.11. The third-order valence-electron chi connectivity index (χ3n) is 9.37. The van der Waals surface area contributed by atoms with Crippen LogP contribution in [0.25, 0.3) is 28.9 Å². The fourth-order valence-corrected chi connectivity index (χ4v) is 13.4. The van der Waals surface area contributed by atoms with E-state index in [-0.39, 0.29) is 59.8 Å². The Morgan fingerprint density at radius 3 is 1.77 bits per heavy atom. The number of carbonyl (C=O) groups excluding carboxylic acids is 1. The molecule has 0 spiro atoms. The van der Waals surface area contributed by atoms with Gasteiger partial charge in [-0.1, -0.05) is 75.9 Å². The first-order valence-corrected chi connectivity index (χ1v) is 24.5. The maximum Gasteiger partial charge on any atom is 0.339 e. The van der Waals surface area contributed by atoms with E-state index in [1.165, 1.54) is 83.3 Å². The van der Waals surface area contributed by atoms with Crippen molar-refractivity contribution in [1.82, 2.24) is 0 Å². The van der Waals surface area contributed by atoms with E-state index in [1.807, 2.05) is 35.7 Å². The van der Waals surface area contributed by atoms with Gasteiger partial charge in [0.1, 0.15) is 6.61 Å². The fourth-order valence-electron chi connectivity index (χ4n) is 6.44. The quantitative estimate of drug-likeness (QED) is 0.0238. The Balaban J connectivity index is 1.46. The molecule has 0 saturated carbocycles. The van der Waals surface area contributed by atoms with Gasteiger partial charge < -0.3 is 18.9 Å². The second-order valence-corrected chi connectivity index (χ2v) is 20.0. The fraction of sp³-hybridized carbons (Fsp3) is 0.452. The van der Waals surface area contributed by atoms with E-state index < -0.39 is 37.8 Å². The summed E-state index contributed by atoms with van der Waals surface area (Å²) in [6.07, 6.45) is 13.5. The number of nitrogens with zero attached hydrogens (tertiary/aromatic N) is 3. The van der Waals surface area contributed by atoms with Crippen molar-refractivity contribution in [2.45, 2.75) is 65.2 Å². The number of non-ortho nitro benzene ring substituents is 2. The van der Waals surface area contributed by atoms with Crippen LogP contribution in [0.4, 0.5) is 17.1 Å². The predicted octanol–water partition coefficient (Wildman–Crippen LogP) is 12.4. The number of benzene rings is 2. The Morgan fingerprint density at radius 2 is 1.21 bits per heavy atom. The molecule has 2 aromatic carbocycles. The van der Waals surface area contributed by atoms with Gasteiger partial charge >= 0.3 is 5.97 Å². The van der Waals surface area contributed by atoms with E-state index in [0.717, 1.165) is 32.8 Å². The normalized spacial score (nSPS) is 13.8. The molecule has 1 aromatic heterocycles. The molecule has 0 unspecified atom stereocenters. The van der Waals surface area contributed by atoms with Crippen molar-refractivity contribution in [2.24, 2.45) is 0 Å². The number of ether oxygens (including phenoxy) is 4. The summed E-state index contributed by atoms with van der Waals surface area (Å²) in [5.74, 6) is 1.18. The summed E-state index contributed by atoms with van der Waals surface area (Å²) in [7, 11) is 1.56. The van der Waals surface area contributed by atoms with Crippen LogP contribution in [0.15, 0.2) is 49.1 Å². The molecule has 19 heteroatoms. The van der Waals surface area contributed by atoms with Crippen molar-refractivity contribution in [3.05, 3.63) is 106 Å². The SMILES string of the molecule is CCCCCCSC1=C(SCCCCCC)SC(=Cc2ccc(/C=C3/c4cc([N+](=O)[O-])cc(C(=O)OCCOCCOCCOC)c4-c4c3cc([N+](=O)[O-])cc4[N+](=O)[O-])s2)S1. The average Bonchev–Trinajstić information content (AvgIpc) is 3.94. The number of nitro groups is 3. The summed E-state index contributed by atoms with van der Waals surface area (Å²) in [6.45, 7) is 5.52. The van der Waals surface area contributed by atoms with Gasteiger partial charge in [0.25, 0.3) is 17.1 Å². The number of carbonyl (C=O) groups is 1. The highest BCUT2D eigenvalue weighted by Gasteiger charge is 2.39. The van der Waals surface area contributed by atoms with Crippen molar-refractivity contribution < 1.29 is 38.5 Å². The molecule has 1 aliphatic carbocycles. The highest BCUT2D eigenvalue weighted by molar-refractivity contribution is 8.40. The molecule has 61 heavy (non-hydrogen) atoms. The minimum absolute atomic E-state index is 0.00702. The molecule has 0 N–H and O–H groups in total. The van der Waals surface area contributed by atoms with Crippen LogP contribution in [0.1, 0.15) is 96.5 Å². The van der Waals surface area contributed by atoms with E-state index in [1.54, 1.807) is 36.7 Å². The summed E-state index contributed by atoms with van der Waals surface area (Å²) in [5.41, 5.74) is -1.43. The van der Waals surface area contributed by atoms with Gasteiger partial charge in [-0.25, -0.2) is 4.79 Å². The largest absolute Gasteiger partial charge is 0.460 e. The van der Waals surface area contributed by atoms with Gasteiger partial charge in [0, 0.05) is 46.2 Å². The number of nitro benzene ring substituents is 3. The summed E-state index contributed by atoms with van der Waals surface area (Å²) < 4.78 is 25.0. The third-order valence-corrected chi connectivity index (χ3v) is 15.9. The smallest absolute Gasteiger partial charge is 0.339 e. The zero-order valence-corrected chi connectivity index (χ0v) is 38.4. The number of thiophene rings is 1. The van der Waals surface area contributed by atoms with Crippen LogP contribution in [-0.4, -0.2) is 79.0 Å². The summed E-state index contributed by atoms with van der Waals surface area (Å²) in [5, 5.41) is 36.8. The Hall–Kier alpha value is -3.69. The number of esters is 1. The van der Waals surface area contributed by atoms with Crippen LogP contribution in [0.5, 0.6) is 0 Å². The molecule has 0 fully saturated rings. The predicted molar refractivity (Wildman–Crippen MR) is 250 cm³/mol. The number of hydrogen-bond donors (Lipinski definition) is 0. The third kappa shape index (κ3) is 13.6. The van der Waals surface area contributed by atoms with Crippen molar-refractivity contribution >= 4 is 99.1 Å². The molecule has 328 valence electrons. The number of rotatable bonds is 27. The lowest BCUT2D eigenvalue weighted by Crippen LogP contribution is -2.15. The van der Waals surface area contributed by atoms with E-state index in [0.29, 0.717) is 18.1 Å². The van der Waals surface area contributed by atoms with Crippen molar-refractivity contribution in [3.63, 3.8) is 0 Å². The van der Waals surface area contributed by atoms with Crippen molar-refractivity contribution in [1.29, 1.82) is 0 Å². The Labute approximate surface area is 376 Å². The molecule has 2 aliphatic rings. The van der Waals surface area contributed by atoms with E-state index in [9.17, 15) is 35.1 Å². The molecule has 0 amide bonds. The molecule has 1 aliphatic heterocycles. The van der Waals surface area contributed by atoms with Crippen molar-refractivity contribution in [3.8, 4) is 11.1 Å². The standard InChI is InChI=1S/C42H49N3O11S5/c1-4-6-8-10-20-57-41-42(58-21-11-9-7-5-2)61-37(60-41)27-31-13-12-30(59-31)26-32-33-22-28(43(47)48)24-35(40(46)56-19-18-55-17-16-54-15-14-53-3)38(33)39-34(32)23-29(44(49)50)25-36(39)45(51)52/h12-13,22-27H,4-11,14-21H2,1-3H3/b32-26-. The number of methoxy groups -OCH3 is 1. The summed E-state index contributed by atoms with van der Waals surface area (Å²) in [4.78, 5) is 50.0. The monoisotopic (exact) mass is 931 g/mol. The number of thioether (sulfide) groups is 4. The summed E-state index contributed by atoms with van der Waals surface area (Å²) >= 11 is 8.86. The van der Waals surface area contributed by atoms with Crippen LogP contribution in [0, 0.1) is 30.3 Å². The first-order chi connectivity index (χ1) is 29.6. The highest BCUT2D eigenvalue weighted by Crippen LogP contribution is 2.58. The lowest BCUT2D eigenvalue weighted by molar-refractivity contribution is -0.393. The van der Waals surface area contributed by atoms with Gasteiger partial charge in [-0.3, -0.25) is 30.3 Å². The Kier molecular flexibility index (Phi) is 19.7. The first kappa shape index (κ1) is 48.3. The van der Waals surface area contributed by atoms with Crippen LogP contribution < -0.4 is 0 Å². The lowest BCUT2D eigenvalue weighted by Gasteiger charge is -2.11. The van der Waals surface area contributed by atoms with Crippen LogP contribution in [0.2, 0.25) is 0 Å². The first-order valence-electron chi connectivity index (χ1n) is 20.1. The lowest BCUT2D eigenvalue weighted by atomic mass is 9.97. The minimum Gasteiger partial charge on any atom is -0.460 e. The molecule has 0 bridgehead atoms. The van der Waals surface area contributed by atoms with Gasteiger partial charge in [0.2, 0.25) is 0 Å². The Bertz CT molecular complexity index is 2130. The van der Waals surface area contributed by atoms with Gasteiger partial charge in [-0.05, 0) is 59.8 Å². The van der Waals surface area contributed by atoms with E-state index in [2.05, 4.69) is 19.9 Å². The maximum absolute atomic E-state index is 13.7. The second kappa shape index (κ2) is 24.8. The second-order valence-electron chi connectivity index (χ2n) is 13.8. The molecule has 14 nitrogen and oxygen atoms in total. The van der Waals surface area contributed by atoms with E-state index >= 15 is 0 Å². The van der Waals surface area contributed by atoms with Crippen LogP contribution in [0.3, 0.4) is 0 Å². The zero-order valence-electron chi connectivity index (χ0n) is 34.3. The van der Waals surface area contributed by atoms with E-state index in [4.69, 9.17) is 18.9 Å². The minimum atomic E-state index is -0.970. The molecule has 0 saturated heterocycles. The maximum atomic E-state index is 13.7. The van der Waals surface area contributed by atoms with Crippen LogP contribution in [-0.2, 0) is 18.9 Å².